The summed E-state index contributed by atoms with van der Waals surface area (Å²) in [6.45, 7) is 7.59. The monoisotopic (exact) mass is 287 g/mol. The SMILES string of the molecule is CC(C)C1CCN(c2nc3c(cc2CN)CCCC3)CC1. The third-order valence-corrected chi connectivity index (χ3v) is 5.36. The van der Waals surface area contributed by atoms with Gasteiger partial charge in [-0.25, -0.2) is 4.98 Å². The first-order chi connectivity index (χ1) is 10.2. The third kappa shape index (κ3) is 3.08. The number of rotatable bonds is 3. The Morgan fingerprint density at radius 2 is 1.95 bits per heavy atom. The summed E-state index contributed by atoms with van der Waals surface area (Å²) >= 11 is 0. The van der Waals surface area contributed by atoms with Crippen LogP contribution in [0.3, 0.4) is 0 Å². The zero-order chi connectivity index (χ0) is 14.8. The number of hydrogen-bond acceptors (Lipinski definition) is 3. The van der Waals surface area contributed by atoms with Crippen molar-refractivity contribution in [2.45, 2.75) is 58.9 Å². The van der Waals surface area contributed by atoms with Crippen LogP contribution < -0.4 is 10.6 Å². The Morgan fingerprint density at radius 3 is 2.62 bits per heavy atom. The maximum atomic E-state index is 6.00. The van der Waals surface area contributed by atoms with E-state index >= 15 is 0 Å². The first-order valence-electron chi connectivity index (χ1n) is 8.65. The van der Waals surface area contributed by atoms with Gasteiger partial charge in [-0.1, -0.05) is 13.8 Å². The van der Waals surface area contributed by atoms with Crippen molar-refractivity contribution >= 4 is 5.82 Å². The van der Waals surface area contributed by atoms with Gasteiger partial charge in [-0.15, -0.1) is 0 Å². The lowest BCUT2D eigenvalue weighted by atomic mass is 9.86. The fourth-order valence-corrected chi connectivity index (χ4v) is 3.87. The molecule has 2 heterocycles. The number of nitrogens with zero attached hydrogens (tertiary/aromatic N) is 2. The van der Waals surface area contributed by atoms with Gasteiger partial charge in [-0.2, -0.15) is 0 Å². The van der Waals surface area contributed by atoms with Crippen molar-refractivity contribution in [1.29, 1.82) is 0 Å². The summed E-state index contributed by atoms with van der Waals surface area (Å²) in [6, 6.07) is 2.34. The van der Waals surface area contributed by atoms with Crippen LogP contribution in [0.5, 0.6) is 0 Å². The minimum Gasteiger partial charge on any atom is -0.356 e. The van der Waals surface area contributed by atoms with Gasteiger partial charge in [-0.3, -0.25) is 0 Å². The van der Waals surface area contributed by atoms with Crippen LogP contribution in [0.25, 0.3) is 0 Å². The van der Waals surface area contributed by atoms with Crippen molar-refractivity contribution in [3.63, 3.8) is 0 Å². The lowest BCUT2D eigenvalue weighted by Crippen LogP contribution is -2.36. The summed E-state index contributed by atoms with van der Waals surface area (Å²) in [5, 5.41) is 0. The van der Waals surface area contributed by atoms with Crippen molar-refractivity contribution < 1.29 is 0 Å². The summed E-state index contributed by atoms with van der Waals surface area (Å²) < 4.78 is 0. The van der Waals surface area contributed by atoms with Crippen LogP contribution in [0.4, 0.5) is 5.82 Å². The molecule has 1 aliphatic carbocycles. The molecule has 0 saturated carbocycles. The number of piperidine rings is 1. The molecule has 3 rings (SSSR count). The van der Waals surface area contributed by atoms with Crippen molar-refractivity contribution in [2.75, 3.05) is 18.0 Å². The molecule has 1 fully saturated rings. The van der Waals surface area contributed by atoms with E-state index in [9.17, 15) is 0 Å². The van der Waals surface area contributed by atoms with Gasteiger partial charge < -0.3 is 10.6 Å². The van der Waals surface area contributed by atoms with E-state index in [2.05, 4.69) is 24.8 Å². The van der Waals surface area contributed by atoms with E-state index in [0.717, 1.165) is 31.3 Å². The van der Waals surface area contributed by atoms with E-state index < -0.39 is 0 Å². The minimum absolute atomic E-state index is 0.611. The van der Waals surface area contributed by atoms with Gasteiger partial charge >= 0.3 is 0 Å². The number of fused-ring (bicyclic) bond motifs is 1. The van der Waals surface area contributed by atoms with Gasteiger partial charge in [-0.05, 0) is 62.0 Å². The van der Waals surface area contributed by atoms with Crippen molar-refractivity contribution in [3.05, 3.63) is 22.9 Å². The Labute approximate surface area is 128 Å². The van der Waals surface area contributed by atoms with Crippen LogP contribution >= 0.6 is 0 Å². The molecule has 1 saturated heterocycles. The van der Waals surface area contributed by atoms with Crippen LogP contribution in [-0.4, -0.2) is 18.1 Å². The third-order valence-electron chi connectivity index (χ3n) is 5.36. The van der Waals surface area contributed by atoms with Crippen molar-refractivity contribution in [2.24, 2.45) is 17.6 Å². The van der Waals surface area contributed by atoms with E-state index in [-0.39, 0.29) is 0 Å². The molecule has 2 N–H and O–H groups in total. The molecular formula is C18H29N3. The largest absolute Gasteiger partial charge is 0.356 e. The minimum atomic E-state index is 0.611. The van der Waals surface area contributed by atoms with Gasteiger partial charge in [0, 0.05) is 30.9 Å². The predicted octanol–water partition coefficient (Wildman–Crippen LogP) is 3.29. The number of hydrogen-bond donors (Lipinski definition) is 1. The second-order valence-electron chi connectivity index (χ2n) is 7.06. The standard InChI is InChI=1S/C18H29N3/c1-13(2)14-7-9-21(10-8-14)18-16(12-19)11-15-5-3-4-6-17(15)20-18/h11,13-14H,3-10,12,19H2,1-2H3. The summed E-state index contributed by atoms with van der Waals surface area (Å²) in [5.74, 6) is 2.86. The molecular weight excluding hydrogens is 258 g/mol. The van der Waals surface area contributed by atoms with Gasteiger partial charge in [0.15, 0.2) is 0 Å². The number of nitrogens with two attached hydrogens (primary N) is 1. The molecule has 3 nitrogen and oxygen atoms in total. The second-order valence-corrected chi connectivity index (χ2v) is 7.06. The summed E-state index contributed by atoms with van der Waals surface area (Å²) in [4.78, 5) is 7.51. The Hall–Kier alpha value is -1.09. The molecule has 3 heteroatoms. The molecule has 1 aromatic rings. The molecule has 0 aromatic carbocycles. The normalized spacial score (nSPS) is 19.9. The zero-order valence-corrected chi connectivity index (χ0v) is 13.6. The van der Waals surface area contributed by atoms with E-state index in [1.54, 1.807) is 0 Å². The van der Waals surface area contributed by atoms with Gasteiger partial charge in [0.05, 0.1) is 0 Å². The van der Waals surface area contributed by atoms with E-state index in [4.69, 9.17) is 10.7 Å². The quantitative estimate of drug-likeness (QED) is 0.927. The number of pyridine rings is 1. The van der Waals surface area contributed by atoms with Gasteiger partial charge in [0.1, 0.15) is 5.82 Å². The maximum Gasteiger partial charge on any atom is 0.133 e. The molecule has 1 aliphatic heterocycles. The summed E-state index contributed by atoms with van der Waals surface area (Å²) in [6.07, 6.45) is 7.51. The Balaban J connectivity index is 1.81. The highest BCUT2D eigenvalue weighted by atomic mass is 15.2. The number of aryl methyl sites for hydroxylation is 2. The molecule has 0 atom stereocenters. The maximum absolute atomic E-state index is 6.00. The Bertz CT molecular complexity index is 487. The molecule has 0 spiro atoms. The van der Waals surface area contributed by atoms with Crippen molar-refractivity contribution in [3.8, 4) is 0 Å². The molecule has 1 aromatic heterocycles. The topological polar surface area (TPSA) is 42.2 Å². The highest BCUT2D eigenvalue weighted by Gasteiger charge is 2.25. The smallest absolute Gasteiger partial charge is 0.133 e. The van der Waals surface area contributed by atoms with Crippen LogP contribution in [0.2, 0.25) is 0 Å². The first kappa shape index (κ1) is 14.8. The van der Waals surface area contributed by atoms with Crippen LogP contribution in [0.15, 0.2) is 6.07 Å². The van der Waals surface area contributed by atoms with E-state index in [1.165, 1.54) is 54.7 Å². The highest BCUT2D eigenvalue weighted by molar-refractivity contribution is 5.51. The number of aromatic nitrogens is 1. The summed E-state index contributed by atoms with van der Waals surface area (Å²) in [5.41, 5.74) is 10.0. The lowest BCUT2D eigenvalue weighted by molar-refractivity contribution is 0.310. The molecule has 0 unspecified atom stereocenters. The molecule has 0 radical (unpaired) electrons. The van der Waals surface area contributed by atoms with Crippen LogP contribution in [0, 0.1) is 11.8 Å². The van der Waals surface area contributed by atoms with Gasteiger partial charge in [0.2, 0.25) is 0 Å². The molecule has 21 heavy (non-hydrogen) atoms. The van der Waals surface area contributed by atoms with E-state index in [1.807, 2.05) is 0 Å². The predicted molar refractivity (Wildman–Crippen MR) is 88.5 cm³/mol. The zero-order valence-electron chi connectivity index (χ0n) is 13.6. The highest BCUT2D eigenvalue weighted by Crippen LogP contribution is 2.31. The number of anilines is 1. The van der Waals surface area contributed by atoms with Crippen molar-refractivity contribution in [1.82, 2.24) is 4.98 Å². The lowest BCUT2D eigenvalue weighted by Gasteiger charge is -2.36. The van der Waals surface area contributed by atoms with E-state index in [0.29, 0.717) is 6.54 Å². The molecule has 0 bridgehead atoms. The van der Waals surface area contributed by atoms with Crippen LogP contribution in [-0.2, 0) is 19.4 Å². The Morgan fingerprint density at radius 1 is 1.24 bits per heavy atom. The summed E-state index contributed by atoms with van der Waals surface area (Å²) in [7, 11) is 0. The molecule has 2 aliphatic rings. The average molecular weight is 287 g/mol. The fraction of sp³-hybridized carbons (Fsp3) is 0.722. The first-order valence-corrected chi connectivity index (χ1v) is 8.65. The average Bonchev–Trinajstić information content (AvgIpc) is 2.53. The molecule has 116 valence electrons. The fourth-order valence-electron chi connectivity index (χ4n) is 3.87. The Kier molecular flexibility index (Phi) is 4.48. The molecule has 0 amide bonds. The van der Waals surface area contributed by atoms with Crippen LogP contribution in [0.1, 0.15) is 56.4 Å². The van der Waals surface area contributed by atoms with Gasteiger partial charge in [0.25, 0.3) is 0 Å². The second kappa shape index (κ2) is 6.35.